The Labute approximate surface area is 184 Å². The van der Waals surface area contributed by atoms with Crippen LogP contribution >= 0.6 is 15.9 Å². The van der Waals surface area contributed by atoms with Crippen LogP contribution in [0.3, 0.4) is 0 Å². The number of benzene rings is 3. The zero-order chi connectivity index (χ0) is 21.1. The molecule has 0 saturated carbocycles. The number of carbonyl (C=O) groups excluding carboxylic acids is 1. The first-order valence-electron chi connectivity index (χ1n) is 9.66. The van der Waals surface area contributed by atoms with Crippen LogP contribution in [0.4, 0.5) is 5.69 Å². The normalized spacial score (nSPS) is 14.9. The van der Waals surface area contributed by atoms with Gasteiger partial charge in [0.1, 0.15) is 12.4 Å². The molecule has 3 aromatic carbocycles. The summed E-state index contributed by atoms with van der Waals surface area (Å²) in [4.78, 5) is 12.9. The number of aryl methyl sites for hydroxylation is 1. The number of rotatable bonds is 5. The summed E-state index contributed by atoms with van der Waals surface area (Å²) >= 11 is 3.58. The third-order valence-corrected chi connectivity index (χ3v) is 5.43. The van der Waals surface area contributed by atoms with Gasteiger partial charge >= 0.3 is 0 Å². The van der Waals surface area contributed by atoms with Gasteiger partial charge in [0, 0.05) is 0 Å². The van der Waals surface area contributed by atoms with Gasteiger partial charge < -0.3 is 4.74 Å². The Morgan fingerprint density at radius 2 is 1.80 bits per heavy atom. The average Bonchev–Trinajstić information content (AvgIpc) is 3.02. The van der Waals surface area contributed by atoms with Crippen molar-refractivity contribution in [2.75, 3.05) is 5.01 Å². The summed E-state index contributed by atoms with van der Waals surface area (Å²) in [6, 6.07) is 23.5. The highest BCUT2D eigenvalue weighted by atomic mass is 79.9. The molecule has 30 heavy (non-hydrogen) atoms. The fourth-order valence-electron chi connectivity index (χ4n) is 3.28. The molecule has 0 saturated heterocycles. The summed E-state index contributed by atoms with van der Waals surface area (Å²) in [6.07, 6.45) is 1.86. The van der Waals surface area contributed by atoms with Crippen LogP contribution in [0.15, 0.2) is 87.9 Å². The van der Waals surface area contributed by atoms with Crippen molar-refractivity contribution < 1.29 is 9.53 Å². The minimum absolute atomic E-state index is 0.130. The standard InChI is InChI=1S/C25H21BrN2O2/c1-17-7-6-8-20(13-17)16-30-24-12-11-19(15-23(24)26)14-22-18(2)27-28(25(22)29)21-9-4-3-5-10-21/h3-15H,16H2,1-2H3/b22-14+. The highest BCUT2D eigenvalue weighted by Gasteiger charge is 2.28. The number of hydrazone groups is 1. The Balaban J connectivity index is 1.51. The molecule has 0 spiro atoms. The molecular weight excluding hydrogens is 440 g/mol. The van der Waals surface area contributed by atoms with Gasteiger partial charge in [-0.3, -0.25) is 4.79 Å². The van der Waals surface area contributed by atoms with Gasteiger partial charge in [0.05, 0.1) is 21.4 Å². The second-order valence-corrected chi connectivity index (χ2v) is 8.02. The molecule has 0 unspecified atom stereocenters. The lowest BCUT2D eigenvalue weighted by Gasteiger charge is -2.11. The first kappa shape index (κ1) is 20.1. The van der Waals surface area contributed by atoms with Crippen LogP contribution in [-0.4, -0.2) is 11.6 Å². The molecule has 150 valence electrons. The Kier molecular flexibility index (Phi) is 5.81. The quantitative estimate of drug-likeness (QED) is 0.428. The molecule has 4 nitrogen and oxygen atoms in total. The predicted octanol–water partition coefficient (Wildman–Crippen LogP) is 6.14. The summed E-state index contributed by atoms with van der Waals surface area (Å²) in [5, 5.41) is 5.86. The first-order valence-corrected chi connectivity index (χ1v) is 10.5. The van der Waals surface area contributed by atoms with E-state index in [1.807, 2.05) is 73.7 Å². The number of carbonyl (C=O) groups is 1. The van der Waals surface area contributed by atoms with E-state index in [0.29, 0.717) is 17.9 Å². The monoisotopic (exact) mass is 460 g/mol. The van der Waals surface area contributed by atoms with E-state index in [1.54, 1.807) is 0 Å². The summed E-state index contributed by atoms with van der Waals surface area (Å²) in [7, 11) is 0. The fourth-order valence-corrected chi connectivity index (χ4v) is 3.79. The molecular formula is C25H21BrN2O2. The second-order valence-electron chi connectivity index (χ2n) is 7.16. The first-order chi connectivity index (χ1) is 14.5. The SMILES string of the molecule is CC1=NN(c2ccccc2)C(=O)/C1=C/c1ccc(OCc2cccc(C)c2)c(Br)c1. The van der Waals surface area contributed by atoms with Crippen molar-refractivity contribution in [3.05, 3.63) is 99.5 Å². The lowest BCUT2D eigenvalue weighted by Crippen LogP contribution is -2.21. The highest BCUT2D eigenvalue weighted by molar-refractivity contribution is 9.10. The summed E-state index contributed by atoms with van der Waals surface area (Å²) in [5.74, 6) is 0.627. The maximum Gasteiger partial charge on any atom is 0.280 e. The van der Waals surface area contributed by atoms with E-state index < -0.39 is 0 Å². The molecule has 0 aliphatic carbocycles. The van der Waals surface area contributed by atoms with Crippen molar-refractivity contribution in [2.24, 2.45) is 5.10 Å². The van der Waals surface area contributed by atoms with E-state index in [0.717, 1.165) is 27.0 Å². The summed E-state index contributed by atoms with van der Waals surface area (Å²) in [6.45, 7) is 4.41. The molecule has 5 heteroatoms. The Hall–Kier alpha value is -3.18. The smallest absolute Gasteiger partial charge is 0.280 e. The molecule has 0 N–H and O–H groups in total. The topological polar surface area (TPSA) is 41.9 Å². The van der Waals surface area contributed by atoms with Crippen molar-refractivity contribution in [3.63, 3.8) is 0 Å². The molecule has 1 amide bonds. The maximum atomic E-state index is 12.9. The van der Waals surface area contributed by atoms with Crippen molar-refractivity contribution >= 4 is 39.3 Å². The van der Waals surface area contributed by atoms with Crippen molar-refractivity contribution in [1.82, 2.24) is 0 Å². The Morgan fingerprint density at radius 1 is 1.00 bits per heavy atom. The van der Waals surface area contributed by atoms with E-state index >= 15 is 0 Å². The molecule has 0 atom stereocenters. The number of hydrogen-bond acceptors (Lipinski definition) is 3. The lowest BCUT2D eigenvalue weighted by atomic mass is 10.1. The van der Waals surface area contributed by atoms with Crippen molar-refractivity contribution in [1.29, 1.82) is 0 Å². The van der Waals surface area contributed by atoms with E-state index in [9.17, 15) is 4.79 Å². The average molecular weight is 461 g/mol. The summed E-state index contributed by atoms with van der Waals surface area (Å²) in [5.41, 5.74) is 5.26. The van der Waals surface area contributed by atoms with Crippen LogP contribution < -0.4 is 9.75 Å². The number of hydrogen-bond donors (Lipinski definition) is 0. The fraction of sp³-hybridized carbons (Fsp3) is 0.120. The Morgan fingerprint density at radius 3 is 2.53 bits per heavy atom. The third-order valence-electron chi connectivity index (χ3n) is 4.81. The number of para-hydroxylation sites is 1. The number of nitrogens with zero attached hydrogens (tertiary/aromatic N) is 2. The van der Waals surface area contributed by atoms with Crippen LogP contribution in [0.25, 0.3) is 6.08 Å². The van der Waals surface area contributed by atoms with E-state index in [2.05, 4.69) is 40.1 Å². The maximum absolute atomic E-state index is 12.9. The molecule has 0 aromatic heterocycles. The zero-order valence-electron chi connectivity index (χ0n) is 16.8. The molecule has 1 heterocycles. The molecule has 0 radical (unpaired) electrons. The predicted molar refractivity (Wildman–Crippen MR) is 125 cm³/mol. The van der Waals surface area contributed by atoms with Crippen LogP contribution in [-0.2, 0) is 11.4 Å². The number of halogens is 1. The summed E-state index contributed by atoms with van der Waals surface area (Å²) < 4.78 is 6.79. The molecule has 4 rings (SSSR count). The van der Waals surface area contributed by atoms with E-state index in [-0.39, 0.29) is 5.91 Å². The van der Waals surface area contributed by atoms with Gasteiger partial charge in [0.25, 0.3) is 5.91 Å². The Bertz CT molecular complexity index is 1150. The molecule has 1 aliphatic heterocycles. The minimum atomic E-state index is -0.130. The van der Waals surface area contributed by atoms with Gasteiger partial charge in [-0.15, -0.1) is 0 Å². The second kappa shape index (κ2) is 8.67. The van der Waals surface area contributed by atoms with Crippen LogP contribution in [0, 0.1) is 6.92 Å². The molecule has 0 bridgehead atoms. The minimum Gasteiger partial charge on any atom is -0.488 e. The highest BCUT2D eigenvalue weighted by Crippen LogP contribution is 2.29. The van der Waals surface area contributed by atoms with Gasteiger partial charge in [-0.1, -0.05) is 54.1 Å². The van der Waals surface area contributed by atoms with Gasteiger partial charge in [-0.25, -0.2) is 0 Å². The van der Waals surface area contributed by atoms with Gasteiger partial charge in [0.2, 0.25) is 0 Å². The number of ether oxygens (including phenoxy) is 1. The van der Waals surface area contributed by atoms with Gasteiger partial charge in [-0.05, 0) is 71.2 Å². The van der Waals surface area contributed by atoms with Gasteiger partial charge in [0.15, 0.2) is 0 Å². The molecule has 3 aromatic rings. The number of amides is 1. The lowest BCUT2D eigenvalue weighted by molar-refractivity contribution is -0.114. The van der Waals surface area contributed by atoms with Crippen LogP contribution in [0.5, 0.6) is 5.75 Å². The van der Waals surface area contributed by atoms with E-state index in [1.165, 1.54) is 10.6 Å². The number of anilines is 1. The molecule has 1 aliphatic rings. The molecule has 0 fully saturated rings. The van der Waals surface area contributed by atoms with Crippen molar-refractivity contribution in [3.8, 4) is 5.75 Å². The van der Waals surface area contributed by atoms with Crippen LogP contribution in [0.1, 0.15) is 23.6 Å². The van der Waals surface area contributed by atoms with Crippen molar-refractivity contribution in [2.45, 2.75) is 20.5 Å². The van der Waals surface area contributed by atoms with Crippen LogP contribution in [0.2, 0.25) is 0 Å². The zero-order valence-corrected chi connectivity index (χ0v) is 18.4. The largest absolute Gasteiger partial charge is 0.488 e. The van der Waals surface area contributed by atoms with Gasteiger partial charge in [-0.2, -0.15) is 10.1 Å². The third kappa shape index (κ3) is 4.36. The van der Waals surface area contributed by atoms with E-state index in [4.69, 9.17) is 4.74 Å².